The van der Waals surface area contributed by atoms with E-state index in [1.165, 1.54) is 0 Å². The van der Waals surface area contributed by atoms with E-state index in [0.29, 0.717) is 0 Å². The molecule has 0 aliphatic carbocycles. The summed E-state index contributed by atoms with van der Waals surface area (Å²) in [5, 5.41) is 7.75. The van der Waals surface area contributed by atoms with Crippen LogP contribution in [0.4, 0.5) is 0 Å². The lowest BCUT2D eigenvalue weighted by molar-refractivity contribution is 1.53. The van der Waals surface area contributed by atoms with Crippen molar-refractivity contribution in [2.45, 2.75) is 0 Å². The average molecular weight is 97.3 g/mol. The van der Waals surface area contributed by atoms with Gasteiger partial charge in [-0.15, -0.1) is 11.6 Å². The van der Waals surface area contributed by atoms with Crippen LogP contribution in [-0.2, 0) is 0 Å². The summed E-state index contributed by atoms with van der Waals surface area (Å²) >= 11 is 4.99. The van der Waals surface area contributed by atoms with Crippen LogP contribution in [0.15, 0.2) is 11.0 Å². The zero-order valence-electron chi connectivity index (χ0n) is 2.98. The van der Waals surface area contributed by atoms with E-state index in [0.717, 1.165) is 6.08 Å². The first-order chi connectivity index (χ1) is 2.77. The summed E-state index contributed by atoms with van der Waals surface area (Å²) < 4.78 is 0. The monoisotopic (exact) mass is 97.0 g/mol. The predicted octanol–water partition coefficient (Wildman–Crippen LogP) is 0.759. The summed E-state index contributed by atoms with van der Waals surface area (Å²) in [6, 6.07) is 1.65. The molecule has 0 rings (SSSR count). The minimum atomic E-state index is 0.0255. The molecule has 0 amide bonds. The van der Waals surface area contributed by atoms with Crippen molar-refractivity contribution < 1.29 is 0 Å². The SMILES string of the molecule is [B]/C(Cl)=C/C#N. The molecule has 0 fully saturated rings. The molecular weight excluding hydrogens is 96.3 g/mol. The molecule has 0 aliphatic heterocycles. The molecule has 3 heteroatoms. The second-order valence-electron chi connectivity index (χ2n) is 0.658. The van der Waals surface area contributed by atoms with E-state index < -0.39 is 0 Å². The Kier molecular flexibility index (Phi) is 2.61. The summed E-state index contributed by atoms with van der Waals surface area (Å²) in [7, 11) is 4.81. The molecule has 2 radical (unpaired) electrons. The zero-order chi connectivity index (χ0) is 4.99. The van der Waals surface area contributed by atoms with E-state index in [2.05, 4.69) is 0 Å². The Hall–Kier alpha value is -0.415. The van der Waals surface area contributed by atoms with E-state index in [9.17, 15) is 0 Å². The van der Waals surface area contributed by atoms with Crippen molar-refractivity contribution in [1.82, 2.24) is 0 Å². The van der Waals surface area contributed by atoms with Gasteiger partial charge < -0.3 is 0 Å². The molecule has 0 unspecified atom stereocenters. The number of hydrogen-bond acceptors (Lipinski definition) is 1. The number of allylic oxidation sites excluding steroid dienone is 1. The fourth-order valence-corrected chi connectivity index (χ4v) is 0.110. The van der Waals surface area contributed by atoms with Gasteiger partial charge in [-0.05, 0) is 4.93 Å². The van der Waals surface area contributed by atoms with Crippen molar-refractivity contribution in [3.8, 4) is 6.07 Å². The van der Waals surface area contributed by atoms with Crippen LogP contribution >= 0.6 is 11.6 Å². The van der Waals surface area contributed by atoms with Gasteiger partial charge in [0, 0.05) is 6.08 Å². The first kappa shape index (κ1) is 5.58. The van der Waals surface area contributed by atoms with Crippen LogP contribution in [-0.4, -0.2) is 7.85 Å². The highest BCUT2D eigenvalue weighted by atomic mass is 35.5. The van der Waals surface area contributed by atoms with Gasteiger partial charge in [-0.2, -0.15) is 5.26 Å². The third-order valence-corrected chi connectivity index (χ3v) is 0.312. The van der Waals surface area contributed by atoms with Gasteiger partial charge in [0.2, 0.25) is 0 Å². The summed E-state index contributed by atoms with van der Waals surface area (Å²) in [6.07, 6.45) is 1.06. The van der Waals surface area contributed by atoms with Crippen LogP contribution in [0.5, 0.6) is 0 Å². The van der Waals surface area contributed by atoms with Crippen LogP contribution in [0.2, 0.25) is 0 Å². The Morgan fingerprint density at radius 3 is 2.50 bits per heavy atom. The molecule has 0 aliphatic rings. The highest BCUT2D eigenvalue weighted by Crippen LogP contribution is 1.88. The van der Waals surface area contributed by atoms with Crippen LogP contribution < -0.4 is 0 Å². The van der Waals surface area contributed by atoms with Crippen LogP contribution in [0, 0.1) is 11.3 Å². The molecule has 0 spiro atoms. The number of nitriles is 1. The Labute approximate surface area is 42.6 Å². The maximum Gasteiger partial charge on any atom is 0.131 e. The smallest absolute Gasteiger partial charge is 0.131 e. The first-order valence-corrected chi connectivity index (χ1v) is 1.66. The van der Waals surface area contributed by atoms with Gasteiger partial charge in [-0.25, -0.2) is 0 Å². The topological polar surface area (TPSA) is 23.8 Å². The van der Waals surface area contributed by atoms with Gasteiger partial charge >= 0.3 is 0 Å². The van der Waals surface area contributed by atoms with E-state index in [4.69, 9.17) is 24.7 Å². The molecule has 0 saturated heterocycles. The molecule has 0 saturated carbocycles. The summed E-state index contributed by atoms with van der Waals surface area (Å²) in [5.41, 5.74) is 0. The number of nitrogens with zero attached hydrogens (tertiary/aromatic N) is 1. The molecule has 0 aromatic carbocycles. The maximum absolute atomic E-state index is 7.75. The molecule has 1 nitrogen and oxygen atoms in total. The summed E-state index contributed by atoms with van der Waals surface area (Å²) in [4.78, 5) is 0.0255. The standard InChI is InChI=1S/C3HBClN/c4-3(5)1-2-6/h1H/b3-1-. The molecule has 0 aromatic rings. The Balaban J connectivity index is 3.51. The first-order valence-electron chi connectivity index (χ1n) is 1.28. The van der Waals surface area contributed by atoms with Crippen molar-refractivity contribution in [1.29, 1.82) is 5.26 Å². The van der Waals surface area contributed by atoms with Crippen molar-refractivity contribution in [2.75, 3.05) is 0 Å². The minimum Gasteiger partial charge on any atom is -0.193 e. The van der Waals surface area contributed by atoms with Gasteiger partial charge in [0.25, 0.3) is 0 Å². The van der Waals surface area contributed by atoms with E-state index in [-0.39, 0.29) is 4.93 Å². The largest absolute Gasteiger partial charge is 0.193 e. The maximum atomic E-state index is 7.75. The fraction of sp³-hybridized carbons (Fsp3) is 0. The molecule has 0 N–H and O–H groups in total. The molecule has 0 aromatic heterocycles. The predicted molar refractivity (Wildman–Crippen MR) is 25.3 cm³/mol. The van der Waals surface area contributed by atoms with E-state index in [1.54, 1.807) is 6.07 Å². The number of rotatable bonds is 0. The number of halogens is 1. The summed E-state index contributed by atoms with van der Waals surface area (Å²) in [6.45, 7) is 0. The molecular formula is C3HBClN. The molecule has 0 atom stereocenters. The normalized spacial score (nSPS) is 10.3. The number of hydrogen-bond donors (Lipinski definition) is 0. The van der Waals surface area contributed by atoms with Crippen LogP contribution in [0.3, 0.4) is 0 Å². The van der Waals surface area contributed by atoms with Gasteiger partial charge in [-0.1, -0.05) is 0 Å². The van der Waals surface area contributed by atoms with E-state index in [1.807, 2.05) is 0 Å². The Morgan fingerprint density at radius 1 is 2.00 bits per heavy atom. The van der Waals surface area contributed by atoms with Gasteiger partial charge in [-0.3, -0.25) is 0 Å². The second kappa shape index (κ2) is 2.80. The molecule has 28 valence electrons. The van der Waals surface area contributed by atoms with Crippen molar-refractivity contribution in [3.05, 3.63) is 11.0 Å². The third-order valence-electron chi connectivity index (χ3n) is 0.202. The highest BCUT2D eigenvalue weighted by molar-refractivity contribution is 6.52. The quantitative estimate of drug-likeness (QED) is 0.323. The zero-order valence-corrected chi connectivity index (χ0v) is 3.74. The molecule has 6 heavy (non-hydrogen) atoms. The Morgan fingerprint density at radius 2 is 2.50 bits per heavy atom. The average Bonchev–Trinajstić information content (AvgIpc) is 1.35. The van der Waals surface area contributed by atoms with Crippen molar-refractivity contribution >= 4 is 19.4 Å². The van der Waals surface area contributed by atoms with Gasteiger partial charge in [0.1, 0.15) is 7.85 Å². The fourth-order valence-electron chi connectivity index (χ4n) is 0.0617. The Bertz CT molecular complexity index is 97.9. The second-order valence-corrected chi connectivity index (χ2v) is 1.09. The highest BCUT2D eigenvalue weighted by Gasteiger charge is 1.69. The minimum absolute atomic E-state index is 0.0255. The van der Waals surface area contributed by atoms with Gasteiger partial charge in [0.15, 0.2) is 0 Å². The lowest BCUT2D eigenvalue weighted by Gasteiger charge is -1.68. The lowest BCUT2D eigenvalue weighted by Crippen LogP contribution is -1.59. The van der Waals surface area contributed by atoms with Crippen molar-refractivity contribution in [3.63, 3.8) is 0 Å². The lowest BCUT2D eigenvalue weighted by atomic mass is 10.1. The third kappa shape index (κ3) is 3.58. The van der Waals surface area contributed by atoms with E-state index >= 15 is 0 Å². The molecule has 0 bridgehead atoms. The van der Waals surface area contributed by atoms with Gasteiger partial charge in [0.05, 0.1) is 6.07 Å². The van der Waals surface area contributed by atoms with Crippen LogP contribution in [0.25, 0.3) is 0 Å². The van der Waals surface area contributed by atoms with Crippen LogP contribution in [0.1, 0.15) is 0 Å². The summed E-state index contributed by atoms with van der Waals surface area (Å²) in [5.74, 6) is 0. The van der Waals surface area contributed by atoms with Crippen molar-refractivity contribution in [2.24, 2.45) is 0 Å². The molecule has 0 heterocycles.